The Kier molecular flexibility index (Phi) is 8.19. The summed E-state index contributed by atoms with van der Waals surface area (Å²) in [5.74, 6) is 0. The lowest BCUT2D eigenvalue weighted by Crippen LogP contribution is -2.26. The van der Waals surface area contributed by atoms with E-state index in [4.69, 9.17) is 0 Å². The van der Waals surface area contributed by atoms with Gasteiger partial charge in [-0.1, -0.05) is 158 Å². The highest BCUT2D eigenvalue weighted by molar-refractivity contribution is 5.96. The number of fused-ring (bicyclic) bond motifs is 14. The summed E-state index contributed by atoms with van der Waals surface area (Å²) in [4.78, 5) is 4.74. The van der Waals surface area contributed by atoms with Gasteiger partial charge in [-0.3, -0.25) is 0 Å². The summed E-state index contributed by atoms with van der Waals surface area (Å²) in [6.45, 7) is 0. The van der Waals surface area contributed by atoms with E-state index in [0.717, 1.165) is 25.7 Å². The van der Waals surface area contributed by atoms with Crippen molar-refractivity contribution in [2.75, 3.05) is 23.9 Å². The maximum atomic E-state index is 2.47. The van der Waals surface area contributed by atoms with Crippen LogP contribution in [-0.4, -0.2) is 14.1 Å². The Hall–Kier alpha value is -7.16. The minimum Gasteiger partial charge on any atom is -0.344 e. The zero-order valence-electron chi connectivity index (χ0n) is 34.7. The van der Waals surface area contributed by atoms with E-state index in [1.54, 1.807) is 0 Å². The molecule has 0 radical (unpaired) electrons. The van der Waals surface area contributed by atoms with Crippen LogP contribution in [0, 0.1) is 0 Å². The molecule has 61 heavy (non-hydrogen) atoms. The van der Waals surface area contributed by atoms with Crippen LogP contribution >= 0.6 is 0 Å². The number of anilines is 4. The van der Waals surface area contributed by atoms with Gasteiger partial charge in [0, 0.05) is 36.8 Å². The fourth-order valence-electron chi connectivity index (χ4n) is 11.1. The van der Waals surface area contributed by atoms with Crippen LogP contribution in [0.5, 0.6) is 0 Å². The van der Waals surface area contributed by atoms with Gasteiger partial charge in [0.25, 0.3) is 0 Å². The number of benzene rings is 8. The second-order valence-electron chi connectivity index (χ2n) is 17.3. The van der Waals surface area contributed by atoms with Crippen molar-refractivity contribution < 1.29 is 0 Å². The van der Waals surface area contributed by atoms with Crippen LogP contribution < -0.4 is 9.80 Å². The molecule has 8 aromatic carbocycles. The molecule has 0 N–H and O–H groups in total. The quantitative estimate of drug-likeness (QED) is 0.164. The number of hydrogen-bond donors (Lipinski definition) is 0. The fraction of sp³-hybridized carbons (Fsp3) is 0.119. The highest BCUT2D eigenvalue weighted by Gasteiger charge is 2.51. The fourth-order valence-corrected chi connectivity index (χ4v) is 11.1. The van der Waals surface area contributed by atoms with Crippen LogP contribution in [0.3, 0.4) is 0 Å². The predicted molar refractivity (Wildman–Crippen MR) is 257 cm³/mol. The first-order chi connectivity index (χ1) is 30.0. The third-order valence-electron chi connectivity index (χ3n) is 14.0. The SMILES string of the molecule is CN1c2ccccc2CCc2ccc(/C=C/c3ccc4c(c3)C3(c5ccccc5-c5ccccc53)c3cc(/C=C/c5ccc6c(c5)N(C)c5ccccc5CC6)ccc3-4)cc21. The van der Waals surface area contributed by atoms with E-state index in [2.05, 4.69) is 218 Å². The summed E-state index contributed by atoms with van der Waals surface area (Å²) in [5.41, 5.74) is 25.9. The molecule has 0 bridgehead atoms. The molecule has 12 rings (SSSR count). The third kappa shape index (κ3) is 5.55. The maximum absolute atomic E-state index is 2.47. The van der Waals surface area contributed by atoms with Crippen molar-refractivity contribution in [1.29, 1.82) is 0 Å². The molecule has 292 valence electrons. The first-order valence-electron chi connectivity index (χ1n) is 21.8. The molecule has 2 nitrogen and oxygen atoms in total. The smallest absolute Gasteiger partial charge is 0.0725 e. The van der Waals surface area contributed by atoms with Crippen molar-refractivity contribution in [3.8, 4) is 22.3 Å². The molecule has 2 aliphatic carbocycles. The summed E-state index contributed by atoms with van der Waals surface area (Å²) < 4.78 is 0. The second-order valence-corrected chi connectivity index (χ2v) is 17.3. The average molecular weight is 783 g/mol. The molecule has 0 unspecified atom stereocenters. The van der Waals surface area contributed by atoms with E-state index < -0.39 is 5.41 Å². The van der Waals surface area contributed by atoms with Gasteiger partial charge in [0.1, 0.15) is 0 Å². The van der Waals surface area contributed by atoms with Gasteiger partial charge in [-0.05, 0) is 151 Å². The molecule has 1 spiro atoms. The summed E-state index contributed by atoms with van der Waals surface area (Å²) >= 11 is 0. The van der Waals surface area contributed by atoms with Crippen LogP contribution in [0.1, 0.15) is 66.8 Å². The van der Waals surface area contributed by atoms with Crippen molar-refractivity contribution in [2.24, 2.45) is 0 Å². The molecule has 2 aliphatic heterocycles. The lowest BCUT2D eigenvalue weighted by atomic mass is 9.70. The molecule has 4 aliphatic rings. The molecule has 0 amide bonds. The van der Waals surface area contributed by atoms with Gasteiger partial charge >= 0.3 is 0 Å². The van der Waals surface area contributed by atoms with Gasteiger partial charge in [-0.25, -0.2) is 0 Å². The number of para-hydroxylation sites is 2. The van der Waals surface area contributed by atoms with Crippen LogP contribution in [-0.2, 0) is 31.1 Å². The topological polar surface area (TPSA) is 6.48 Å². The van der Waals surface area contributed by atoms with Crippen molar-refractivity contribution in [2.45, 2.75) is 31.1 Å². The molecule has 0 saturated heterocycles. The largest absolute Gasteiger partial charge is 0.344 e. The molecule has 0 saturated carbocycles. The third-order valence-corrected chi connectivity index (χ3v) is 14.0. The predicted octanol–water partition coefficient (Wildman–Crippen LogP) is 14.1. The Morgan fingerprint density at radius 3 is 1.13 bits per heavy atom. The van der Waals surface area contributed by atoms with Gasteiger partial charge in [0.2, 0.25) is 0 Å². The molecule has 0 aromatic heterocycles. The Balaban J connectivity index is 0.940. The second kappa shape index (κ2) is 14.0. The van der Waals surface area contributed by atoms with E-state index in [9.17, 15) is 0 Å². The van der Waals surface area contributed by atoms with Crippen LogP contribution in [0.15, 0.2) is 170 Å². The van der Waals surface area contributed by atoms with E-state index in [1.165, 1.54) is 112 Å². The van der Waals surface area contributed by atoms with Crippen molar-refractivity contribution in [3.63, 3.8) is 0 Å². The van der Waals surface area contributed by atoms with Gasteiger partial charge in [0.05, 0.1) is 5.41 Å². The zero-order chi connectivity index (χ0) is 40.7. The van der Waals surface area contributed by atoms with Gasteiger partial charge in [-0.2, -0.15) is 0 Å². The summed E-state index contributed by atoms with van der Waals surface area (Å²) in [6.07, 6.45) is 13.4. The molecule has 0 atom stereocenters. The number of hydrogen-bond acceptors (Lipinski definition) is 2. The van der Waals surface area contributed by atoms with E-state index in [0.29, 0.717) is 0 Å². The summed E-state index contributed by atoms with van der Waals surface area (Å²) in [6, 6.07) is 64.1. The molecule has 8 aromatic rings. The Bertz CT molecular complexity index is 2930. The zero-order valence-corrected chi connectivity index (χ0v) is 34.7. The van der Waals surface area contributed by atoms with Crippen molar-refractivity contribution in [1.82, 2.24) is 0 Å². The van der Waals surface area contributed by atoms with Gasteiger partial charge in [0.15, 0.2) is 0 Å². The van der Waals surface area contributed by atoms with Crippen molar-refractivity contribution >= 4 is 47.1 Å². The summed E-state index contributed by atoms with van der Waals surface area (Å²) in [5, 5.41) is 0. The highest BCUT2D eigenvalue weighted by atomic mass is 15.1. The minimum atomic E-state index is -0.425. The Morgan fingerprint density at radius 2 is 0.672 bits per heavy atom. The van der Waals surface area contributed by atoms with Crippen LogP contribution in [0.2, 0.25) is 0 Å². The number of aryl methyl sites for hydroxylation is 4. The number of nitrogens with zero attached hydrogens (tertiary/aromatic N) is 2. The minimum absolute atomic E-state index is 0.425. The molecular formula is C59H46N2. The van der Waals surface area contributed by atoms with Gasteiger partial charge in [-0.15, -0.1) is 0 Å². The van der Waals surface area contributed by atoms with Crippen LogP contribution in [0.4, 0.5) is 22.7 Å². The number of rotatable bonds is 4. The summed E-state index contributed by atoms with van der Waals surface area (Å²) in [7, 11) is 4.42. The lowest BCUT2D eigenvalue weighted by molar-refractivity contribution is 0.793. The molecule has 0 fully saturated rings. The molecular weight excluding hydrogens is 737 g/mol. The average Bonchev–Trinajstić information content (AvgIpc) is 3.66. The Morgan fingerprint density at radius 1 is 0.328 bits per heavy atom. The molecule has 2 heteroatoms. The van der Waals surface area contributed by atoms with E-state index in [1.807, 2.05) is 0 Å². The van der Waals surface area contributed by atoms with Gasteiger partial charge < -0.3 is 9.80 Å². The standard InChI is InChI=1S/C59H46N2/c1-60-55-17-9-3-11-43(55)29-31-45-27-23-41(37-57(45)60)21-19-39-25-33-49-50-34-26-40(20-22-42-24-28-46-32-30-44-12-4-10-18-56(44)61(2)58(46)38-42)36-54(50)59(53(49)35-39)51-15-7-5-13-47(51)48-14-6-8-16-52(48)59/h3-28,33-38H,29-32H2,1-2H3/b21-19+,22-20+. The maximum Gasteiger partial charge on any atom is 0.0725 e. The first-order valence-corrected chi connectivity index (χ1v) is 21.8. The van der Waals surface area contributed by atoms with E-state index in [-0.39, 0.29) is 0 Å². The lowest BCUT2D eigenvalue weighted by Gasteiger charge is -2.30. The van der Waals surface area contributed by atoms with Crippen molar-refractivity contribution in [3.05, 3.63) is 237 Å². The van der Waals surface area contributed by atoms with Crippen LogP contribution in [0.25, 0.3) is 46.6 Å². The highest BCUT2D eigenvalue weighted by Crippen LogP contribution is 2.63. The molecule has 2 heterocycles. The normalized spacial score (nSPS) is 15.0. The monoisotopic (exact) mass is 782 g/mol. The first kappa shape index (κ1) is 35.8. The Labute approximate surface area is 359 Å². The van der Waals surface area contributed by atoms with E-state index >= 15 is 0 Å².